The summed E-state index contributed by atoms with van der Waals surface area (Å²) in [6.07, 6.45) is 2.00. The molecule has 0 saturated carbocycles. The van der Waals surface area contributed by atoms with Crippen LogP contribution in [0.2, 0.25) is 10.0 Å². The van der Waals surface area contributed by atoms with Crippen molar-refractivity contribution in [2.45, 2.75) is 23.5 Å². The summed E-state index contributed by atoms with van der Waals surface area (Å²) in [5, 5.41) is 18.6. The number of carbonyl (C=O) groups excluding carboxylic acids is 3. The Labute approximate surface area is 269 Å². The van der Waals surface area contributed by atoms with Crippen LogP contribution in [0, 0.1) is 0 Å². The Morgan fingerprint density at radius 2 is 1.61 bits per heavy atom. The summed E-state index contributed by atoms with van der Waals surface area (Å²) in [5.74, 6) is -0.988. The van der Waals surface area contributed by atoms with Gasteiger partial charge in [-0.2, -0.15) is 0 Å². The summed E-state index contributed by atoms with van der Waals surface area (Å²) in [5.41, 5.74) is 1.73. The van der Waals surface area contributed by atoms with E-state index in [-0.39, 0.29) is 17.4 Å². The number of phenolic OH excluding ortho intramolecular Hbond substituents is 1. The zero-order chi connectivity index (χ0) is 31.6. The molecule has 0 heterocycles. The number of ether oxygens (including phenoxy) is 1. The second kappa shape index (κ2) is 15.3. The molecule has 11 heteroatoms. The molecule has 8 nitrogen and oxygen atoms in total. The third kappa shape index (κ3) is 9.03. The van der Waals surface area contributed by atoms with E-state index in [2.05, 4.69) is 16.0 Å². The molecule has 0 radical (unpaired) electrons. The number of hydrogen-bond acceptors (Lipinski definition) is 6. The molecule has 44 heavy (non-hydrogen) atoms. The summed E-state index contributed by atoms with van der Waals surface area (Å²) in [4.78, 5) is 40.3. The number of hydrogen-bond donors (Lipinski definition) is 4. The van der Waals surface area contributed by atoms with Crippen molar-refractivity contribution in [2.24, 2.45) is 0 Å². The second-order valence-corrected chi connectivity index (χ2v) is 11.6. The molecule has 4 aromatic rings. The Balaban J connectivity index is 1.54. The summed E-state index contributed by atoms with van der Waals surface area (Å²) in [6, 6.07) is 24.8. The molecule has 1 unspecified atom stereocenters. The van der Waals surface area contributed by atoms with Gasteiger partial charge in [0.1, 0.15) is 17.2 Å². The van der Waals surface area contributed by atoms with Gasteiger partial charge in [0.15, 0.2) is 0 Å². The monoisotopic (exact) mass is 649 g/mol. The molecular weight excluding hydrogens is 621 g/mol. The van der Waals surface area contributed by atoms with Gasteiger partial charge in [-0.1, -0.05) is 54.4 Å². The lowest BCUT2D eigenvalue weighted by molar-refractivity contribution is -0.116. The van der Waals surface area contributed by atoms with Gasteiger partial charge in [-0.25, -0.2) is 0 Å². The van der Waals surface area contributed by atoms with Crippen molar-refractivity contribution in [1.82, 2.24) is 5.32 Å². The second-order valence-electron chi connectivity index (χ2n) is 9.45. The van der Waals surface area contributed by atoms with Crippen LogP contribution in [-0.4, -0.2) is 35.2 Å². The minimum absolute atomic E-state index is 0.0110. The highest BCUT2D eigenvalue weighted by Crippen LogP contribution is 2.30. The minimum Gasteiger partial charge on any atom is -0.508 e. The number of thioether (sulfide) groups is 1. The molecule has 4 N–H and O–H groups in total. The Hall–Kier alpha value is -4.44. The Kier molecular flexibility index (Phi) is 11.3. The van der Waals surface area contributed by atoms with Crippen LogP contribution in [0.3, 0.4) is 0 Å². The molecule has 0 spiro atoms. The first-order chi connectivity index (χ1) is 21.1. The summed E-state index contributed by atoms with van der Waals surface area (Å²) in [6.45, 7) is 1.90. The van der Waals surface area contributed by atoms with Gasteiger partial charge in [0.05, 0.1) is 12.4 Å². The molecule has 0 fully saturated rings. The van der Waals surface area contributed by atoms with Gasteiger partial charge in [0.25, 0.3) is 11.8 Å². The van der Waals surface area contributed by atoms with Gasteiger partial charge in [0.2, 0.25) is 5.91 Å². The molecule has 226 valence electrons. The number of anilines is 2. The van der Waals surface area contributed by atoms with Crippen molar-refractivity contribution in [3.05, 3.63) is 118 Å². The summed E-state index contributed by atoms with van der Waals surface area (Å²) < 4.78 is 5.35. The lowest BCUT2D eigenvalue weighted by Gasteiger charge is -2.16. The van der Waals surface area contributed by atoms with Gasteiger partial charge >= 0.3 is 0 Å². The Morgan fingerprint density at radius 1 is 0.886 bits per heavy atom. The van der Waals surface area contributed by atoms with Crippen molar-refractivity contribution in [3.8, 4) is 11.5 Å². The van der Waals surface area contributed by atoms with Gasteiger partial charge in [-0.05, 0) is 73.2 Å². The van der Waals surface area contributed by atoms with Crippen molar-refractivity contribution >= 4 is 70.1 Å². The number of methoxy groups -OCH3 is 1. The topological polar surface area (TPSA) is 117 Å². The maximum atomic E-state index is 13.5. The van der Waals surface area contributed by atoms with E-state index in [4.69, 9.17) is 27.9 Å². The summed E-state index contributed by atoms with van der Waals surface area (Å²) in [7, 11) is 1.44. The largest absolute Gasteiger partial charge is 0.508 e. The molecule has 0 aliphatic heterocycles. The number of aromatic hydroxyl groups is 1. The van der Waals surface area contributed by atoms with E-state index in [1.165, 1.54) is 37.1 Å². The molecule has 4 aromatic carbocycles. The quantitative estimate of drug-likeness (QED) is 0.0980. The fourth-order valence-electron chi connectivity index (χ4n) is 4.10. The lowest BCUT2D eigenvalue weighted by Crippen LogP contribution is -2.30. The molecule has 0 aliphatic rings. The highest BCUT2D eigenvalue weighted by atomic mass is 35.5. The van der Waals surface area contributed by atoms with Crippen LogP contribution in [0.5, 0.6) is 11.5 Å². The molecule has 0 saturated heterocycles. The van der Waals surface area contributed by atoms with Gasteiger partial charge in [-0.3, -0.25) is 14.4 Å². The van der Waals surface area contributed by atoms with Gasteiger partial charge in [0, 0.05) is 43.5 Å². The third-order valence-corrected chi connectivity index (χ3v) is 8.00. The molecule has 0 aromatic heterocycles. The molecule has 0 bridgehead atoms. The Morgan fingerprint density at radius 3 is 2.30 bits per heavy atom. The van der Waals surface area contributed by atoms with E-state index in [9.17, 15) is 19.5 Å². The van der Waals surface area contributed by atoms with E-state index in [1.54, 1.807) is 72.8 Å². The first-order valence-electron chi connectivity index (χ1n) is 13.4. The lowest BCUT2D eigenvalue weighted by atomic mass is 10.1. The molecule has 4 rings (SSSR count). The summed E-state index contributed by atoms with van der Waals surface area (Å²) >= 11 is 13.5. The minimum atomic E-state index is -0.589. The number of amides is 3. The van der Waals surface area contributed by atoms with Crippen LogP contribution < -0.4 is 20.7 Å². The maximum absolute atomic E-state index is 13.5. The first kappa shape index (κ1) is 32.5. The number of carbonyl (C=O) groups is 3. The van der Waals surface area contributed by atoms with E-state index in [0.29, 0.717) is 44.7 Å². The first-order valence-corrected chi connectivity index (χ1v) is 15.1. The molecule has 0 aliphatic carbocycles. The molecule has 3 amide bonds. The smallest absolute Gasteiger partial charge is 0.272 e. The van der Waals surface area contributed by atoms with Crippen LogP contribution in [0.15, 0.2) is 102 Å². The van der Waals surface area contributed by atoms with E-state index in [1.807, 2.05) is 13.0 Å². The Bertz CT molecular complexity index is 1680. The van der Waals surface area contributed by atoms with Crippen LogP contribution in [0.4, 0.5) is 11.4 Å². The molecular formula is C33H29Cl2N3O5S. The fraction of sp³-hybridized carbons (Fsp3) is 0.121. The zero-order valence-corrected chi connectivity index (χ0v) is 26.1. The number of rotatable bonds is 11. The number of nitrogens with one attached hydrogen (secondary N) is 3. The third-order valence-electron chi connectivity index (χ3n) is 6.21. The van der Waals surface area contributed by atoms with Crippen LogP contribution in [-0.2, 0) is 9.59 Å². The van der Waals surface area contributed by atoms with Crippen LogP contribution >= 0.6 is 35.0 Å². The van der Waals surface area contributed by atoms with E-state index < -0.39 is 17.1 Å². The normalized spacial score (nSPS) is 11.8. The molecule has 1 atom stereocenters. The predicted molar refractivity (Wildman–Crippen MR) is 177 cm³/mol. The zero-order valence-electron chi connectivity index (χ0n) is 23.8. The van der Waals surface area contributed by atoms with Crippen molar-refractivity contribution in [3.63, 3.8) is 0 Å². The predicted octanol–water partition coefficient (Wildman–Crippen LogP) is 7.63. The van der Waals surface area contributed by atoms with Crippen molar-refractivity contribution < 1.29 is 24.2 Å². The van der Waals surface area contributed by atoms with Crippen molar-refractivity contribution in [2.75, 3.05) is 17.7 Å². The highest BCUT2D eigenvalue weighted by molar-refractivity contribution is 8.00. The average Bonchev–Trinajstić information content (AvgIpc) is 3.00. The average molecular weight is 651 g/mol. The van der Waals surface area contributed by atoms with Crippen LogP contribution in [0.1, 0.15) is 29.3 Å². The standard InChI is InChI=1S/C33H29Cl2N3O5S/c1-3-30(33(42)37-25-16-22(34)15-23(35)17-25)44-27-11-7-10-24(18-27)36-32(41)28(38-31(40)20-8-5-4-6-9-20)14-21-12-13-26(39)19-29(21)43-2/h4-19,30,39H,3H2,1-2H3,(H,36,41)(H,37,42)(H,38,40)/b28-14+. The number of benzene rings is 4. The van der Waals surface area contributed by atoms with Gasteiger partial charge in [-0.15, -0.1) is 11.8 Å². The van der Waals surface area contributed by atoms with E-state index >= 15 is 0 Å². The highest BCUT2D eigenvalue weighted by Gasteiger charge is 2.20. The SMILES string of the molecule is CCC(Sc1cccc(NC(=O)/C(=C\c2ccc(O)cc2OC)NC(=O)c2ccccc2)c1)C(=O)Nc1cc(Cl)cc(Cl)c1. The maximum Gasteiger partial charge on any atom is 0.272 e. The fourth-order valence-corrected chi connectivity index (χ4v) is 5.64. The van der Waals surface area contributed by atoms with Crippen molar-refractivity contribution in [1.29, 1.82) is 0 Å². The van der Waals surface area contributed by atoms with Crippen LogP contribution in [0.25, 0.3) is 6.08 Å². The number of phenols is 1. The number of halogens is 2. The van der Waals surface area contributed by atoms with Gasteiger partial charge < -0.3 is 25.8 Å². The van der Waals surface area contributed by atoms with E-state index in [0.717, 1.165) is 4.90 Å².